The number of ether oxygens (including phenoxy) is 1. The van der Waals surface area contributed by atoms with Crippen LogP contribution in [0.15, 0.2) is 79.1 Å². The van der Waals surface area contributed by atoms with Crippen molar-refractivity contribution in [3.8, 4) is 5.75 Å². The molecule has 0 bridgehead atoms. The zero-order valence-corrected chi connectivity index (χ0v) is 21.1. The molecule has 0 unspecified atom stereocenters. The fraction of sp³-hybridized carbons (Fsp3) is 0.0435. The molecule has 1 N–H and O–H groups in total. The number of furan rings is 1. The molecule has 3 aromatic carbocycles. The van der Waals surface area contributed by atoms with Crippen LogP contribution in [0.2, 0.25) is 5.02 Å². The molecule has 0 spiro atoms. The van der Waals surface area contributed by atoms with E-state index in [1.54, 1.807) is 48.5 Å². The fourth-order valence-corrected chi connectivity index (χ4v) is 4.64. The molecule has 1 amide bonds. The molecule has 1 aromatic heterocycles. The number of carbonyl (C=O) groups is 1. The first-order valence-electron chi connectivity index (χ1n) is 9.68. The third-order valence-electron chi connectivity index (χ3n) is 4.63. The molecule has 1 heterocycles. The number of nitrogens with zero attached hydrogens (tertiary/aromatic N) is 2. The number of halogens is 3. The highest BCUT2D eigenvalue weighted by Crippen LogP contribution is 2.35. The summed E-state index contributed by atoms with van der Waals surface area (Å²) in [6.07, 6.45) is 1.48. The Hall–Kier alpha value is -3.21. The summed E-state index contributed by atoms with van der Waals surface area (Å²) >= 11 is 12.9. The van der Waals surface area contributed by atoms with Crippen LogP contribution in [0.4, 0.5) is 5.69 Å². The van der Waals surface area contributed by atoms with Crippen LogP contribution in [0.3, 0.4) is 0 Å². The molecule has 4 rings (SSSR count). The molecule has 0 aliphatic carbocycles. The molecule has 11 heteroatoms. The summed E-state index contributed by atoms with van der Waals surface area (Å²) in [5, 5.41) is 16.0. The van der Waals surface area contributed by atoms with Gasteiger partial charge in [-0.15, -0.1) is 0 Å². The molecule has 4 aromatic rings. The standard InChI is InChI=1S/C23H14Br2ClN3O5/c24-18-7-14(8-19(25)22(18)33-12-13-1-4-17(5-2-13)29(31)32)11-27-28-23(30)21-10-15-9-16(26)3-6-20(15)34-21/h1-11H,12H2,(H,28,30)/b27-11+. The molecule has 0 saturated carbocycles. The van der Waals surface area contributed by atoms with Crippen LogP contribution in [-0.2, 0) is 6.61 Å². The van der Waals surface area contributed by atoms with Gasteiger partial charge in [-0.05, 0) is 91.5 Å². The average Bonchev–Trinajstić information content (AvgIpc) is 3.22. The second kappa shape index (κ2) is 10.4. The van der Waals surface area contributed by atoms with Crippen molar-refractivity contribution in [3.63, 3.8) is 0 Å². The van der Waals surface area contributed by atoms with E-state index in [-0.39, 0.29) is 18.1 Å². The summed E-state index contributed by atoms with van der Waals surface area (Å²) < 4.78 is 12.7. The van der Waals surface area contributed by atoms with Crippen molar-refractivity contribution in [3.05, 3.63) is 102 Å². The van der Waals surface area contributed by atoms with E-state index in [1.807, 2.05) is 0 Å². The topological polar surface area (TPSA) is 107 Å². The van der Waals surface area contributed by atoms with E-state index in [4.69, 9.17) is 20.8 Å². The van der Waals surface area contributed by atoms with Crippen molar-refractivity contribution in [1.82, 2.24) is 5.43 Å². The first-order valence-corrected chi connectivity index (χ1v) is 11.6. The predicted molar refractivity (Wildman–Crippen MR) is 136 cm³/mol. The van der Waals surface area contributed by atoms with E-state index in [0.29, 0.717) is 30.9 Å². The van der Waals surface area contributed by atoms with Gasteiger partial charge in [0.05, 0.1) is 20.1 Å². The molecular weight excluding hydrogens is 594 g/mol. The van der Waals surface area contributed by atoms with Gasteiger partial charge in [-0.3, -0.25) is 14.9 Å². The minimum absolute atomic E-state index is 0.0200. The molecule has 0 aliphatic rings. The number of nitro groups is 1. The van der Waals surface area contributed by atoms with Gasteiger partial charge in [0.15, 0.2) is 5.76 Å². The first kappa shape index (κ1) is 23.9. The van der Waals surface area contributed by atoms with E-state index >= 15 is 0 Å². The Labute approximate surface area is 214 Å². The molecule has 0 radical (unpaired) electrons. The van der Waals surface area contributed by atoms with Crippen molar-refractivity contribution in [2.24, 2.45) is 5.10 Å². The number of nitrogens with one attached hydrogen (secondary N) is 1. The van der Waals surface area contributed by atoms with Crippen molar-refractivity contribution < 1.29 is 18.9 Å². The van der Waals surface area contributed by atoms with Gasteiger partial charge in [-0.1, -0.05) is 11.6 Å². The molecule has 0 saturated heterocycles. The summed E-state index contributed by atoms with van der Waals surface area (Å²) in [4.78, 5) is 22.6. The highest BCUT2D eigenvalue weighted by atomic mass is 79.9. The summed E-state index contributed by atoms with van der Waals surface area (Å²) in [6, 6.07) is 16.4. The predicted octanol–water partition coefficient (Wildman–Crippen LogP) is 6.86. The maximum Gasteiger partial charge on any atom is 0.307 e. The molecule has 8 nitrogen and oxygen atoms in total. The summed E-state index contributed by atoms with van der Waals surface area (Å²) in [5.41, 5.74) is 4.48. The van der Waals surface area contributed by atoms with Crippen LogP contribution in [0, 0.1) is 10.1 Å². The van der Waals surface area contributed by atoms with Crippen LogP contribution in [0.1, 0.15) is 21.7 Å². The van der Waals surface area contributed by atoms with Crippen LogP contribution in [0.5, 0.6) is 5.75 Å². The minimum Gasteiger partial charge on any atom is -0.487 e. The lowest BCUT2D eigenvalue weighted by molar-refractivity contribution is -0.384. The molecule has 172 valence electrons. The number of carbonyl (C=O) groups excluding carboxylic acids is 1. The van der Waals surface area contributed by atoms with Gasteiger partial charge >= 0.3 is 5.91 Å². The van der Waals surface area contributed by atoms with E-state index in [2.05, 4.69) is 42.4 Å². The SMILES string of the molecule is O=C(N/N=C/c1cc(Br)c(OCc2ccc([N+](=O)[O-])cc2)c(Br)c1)c1cc2cc(Cl)ccc2o1. The number of hydrazone groups is 1. The lowest BCUT2D eigenvalue weighted by atomic mass is 10.2. The molecule has 34 heavy (non-hydrogen) atoms. The quantitative estimate of drug-likeness (QED) is 0.140. The number of nitro benzene ring substituents is 1. The normalized spacial score (nSPS) is 11.1. The summed E-state index contributed by atoms with van der Waals surface area (Å²) in [5.74, 6) is 0.178. The lowest BCUT2D eigenvalue weighted by Gasteiger charge is -2.11. The molecular formula is C23H14Br2ClN3O5. The third kappa shape index (κ3) is 5.64. The maximum absolute atomic E-state index is 12.3. The van der Waals surface area contributed by atoms with Gasteiger partial charge in [0.1, 0.15) is 17.9 Å². The van der Waals surface area contributed by atoms with Crippen molar-refractivity contribution in [1.29, 1.82) is 0 Å². The Kier molecular flexibility index (Phi) is 7.30. The largest absolute Gasteiger partial charge is 0.487 e. The monoisotopic (exact) mass is 605 g/mol. The number of amides is 1. The van der Waals surface area contributed by atoms with Gasteiger partial charge in [-0.25, -0.2) is 5.43 Å². The van der Waals surface area contributed by atoms with Crippen molar-refractivity contribution >= 4 is 72.2 Å². The van der Waals surface area contributed by atoms with Crippen LogP contribution >= 0.6 is 43.5 Å². The number of hydrogen-bond donors (Lipinski definition) is 1. The Balaban J connectivity index is 1.39. The smallest absolute Gasteiger partial charge is 0.307 e. The van der Waals surface area contributed by atoms with Gasteiger partial charge in [0.2, 0.25) is 0 Å². The number of rotatable bonds is 7. The zero-order chi connectivity index (χ0) is 24.2. The van der Waals surface area contributed by atoms with Crippen LogP contribution in [0.25, 0.3) is 11.0 Å². The maximum atomic E-state index is 12.3. The first-order chi connectivity index (χ1) is 16.3. The second-order valence-electron chi connectivity index (χ2n) is 7.02. The fourth-order valence-electron chi connectivity index (χ4n) is 3.01. The summed E-state index contributed by atoms with van der Waals surface area (Å²) in [6.45, 7) is 0.224. The van der Waals surface area contributed by atoms with Crippen LogP contribution < -0.4 is 10.2 Å². The van der Waals surface area contributed by atoms with E-state index in [1.165, 1.54) is 18.3 Å². The van der Waals surface area contributed by atoms with Gasteiger partial charge in [-0.2, -0.15) is 5.10 Å². The number of benzene rings is 3. The lowest BCUT2D eigenvalue weighted by Crippen LogP contribution is -2.16. The van der Waals surface area contributed by atoms with E-state index < -0.39 is 10.8 Å². The van der Waals surface area contributed by atoms with Crippen molar-refractivity contribution in [2.45, 2.75) is 6.61 Å². The highest BCUT2D eigenvalue weighted by molar-refractivity contribution is 9.11. The van der Waals surface area contributed by atoms with E-state index in [0.717, 1.165) is 10.9 Å². The Bertz CT molecular complexity index is 1400. The Morgan fingerprint density at radius 1 is 1.12 bits per heavy atom. The van der Waals surface area contributed by atoms with Gasteiger partial charge in [0, 0.05) is 22.5 Å². The minimum atomic E-state index is -0.496. The number of non-ortho nitro benzene ring substituents is 1. The van der Waals surface area contributed by atoms with Gasteiger partial charge in [0.25, 0.3) is 5.69 Å². The average molecular weight is 608 g/mol. The zero-order valence-electron chi connectivity index (χ0n) is 17.1. The van der Waals surface area contributed by atoms with Crippen molar-refractivity contribution in [2.75, 3.05) is 0 Å². The Morgan fingerprint density at radius 3 is 2.50 bits per heavy atom. The Morgan fingerprint density at radius 2 is 1.82 bits per heavy atom. The highest BCUT2D eigenvalue weighted by Gasteiger charge is 2.13. The molecule has 0 atom stereocenters. The number of hydrogen-bond acceptors (Lipinski definition) is 6. The van der Waals surface area contributed by atoms with Gasteiger partial charge < -0.3 is 9.15 Å². The third-order valence-corrected chi connectivity index (χ3v) is 6.05. The summed E-state index contributed by atoms with van der Waals surface area (Å²) in [7, 11) is 0. The number of fused-ring (bicyclic) bond motifs is 1. The van der Waals surface area contributed by atoms with Crippen LogP contribution in [-0.4, -0.2) is 17.0 Å². The molecule has 0 aliphatic heterocycles. The van der Waals surface area contributed by atoms with E-state index in [9.17, 15) is 14.9 Å². The second-order valence-corrected chi connectivity index (χ2v) is 9.16. The molecule has 0 fully saturated rings.